The van der Waals surface area contributed by atoms with Crippen molar-refractivity contribution in [2.75, 3.05) is 50.4 Å². The molecular formula is C27H33N7O4. The summed E-state index contributed by atoms with van der Waals surface area (Å²) in [5.74, 6) is 0.775. The zero-order valence-corrected chi connectivity index (χ0v) is 21.9. The highest BCUT2D eigenvalue weighted by molar-refractivity contribution is 5.99. The fourth-order valence-electron chi connectivity index (χ4n) is 4.61. The van der Waals surface area contributed by atoms with E-state index < -0.39 is 5.60 Å². The number of pyridine rings is 1. The lowest BCUT2D eigenvalue weighted by atomic mass is 10.0. The predicted molar refractivity (Wildman–Crippen MR) is 144 cm³/mol. The van der Waals surface area contributed by atoms with Gasteiger partial charge in [-0.15, -0.1) is 0 Å². The monoisotopic (exact) mass is 519 g/mol. The molecule has 11 nitrogen and oxygen atoms in total. The summed E-state index contributed by atoms with van der Waals surface area (Å²) in [6, 6.07) is 7.42. The molecule has 0 spiro atoms. The van der Waals surface area contributed by atoms with Crippen LogP contribution in [0.4, 0.5) is 16.6 Å². The summed E-state index contributed by atoms with van der Waals surface area (Å²) >= 11 is 0. The summed E-state index contributed by atoms with van der Waals surface area (Å²) in [7, 11) is 0. The number of nitrogens with one attached hydrogen (secondary N) is 1. The quantitative estimate of drug-likeness (QED) is 0.533. The van der Waals surface area contributed by atoms with E-state index in [1.165, 1.54) is 0 Å². The first kappa shape index (κ1) is 25.7. The van der Waals surface area contributed by atoms with E-state index in [2.05, 4.69) is 15.3 Å². The van der Waals surface area contributed by atoms with Gasteiger partial charge in [0.2, 0.25) is 5.95 Å². The van der Waals surface area contributed by atoms with Gasteiger partial charge in [0.1, 0.15) is 11.4 Å². The third-order valence-corrected chi connectivity index (χ3v) is 6.57. The number of benzene rings is 1. The number of nitrogens with two attached hydrogens (primary N) is 1. The Bertz CT molecular complexity index is 1330. The summed E-state index contributed by atoms with van der Waals surface area (Å²) < 4.78 is 10.8. The van der Waals surface area contributed by atoms with Gasteiger partial charge in [0.05, 0.1) is 24.1 Å². The van der Waals surface area contributed by atoms with E-state index in [1.54, 1.807) is 22.2 Å². The highest BCUT2D eigenvalue weighted by Crippen LogP contribution is 2.30. The third kappa shape index (κ3) is 5.62. The first-order valence-electron chi connectivity index (χ1n) is 12.8. The molecule has 3 aromatic rings. The molecule has 2 aliphatic heterocycles. The number of rotatable bonds is 4. The van der Waals surface area contributed by atoms with Crippen LogP contribution in [0.1, 0.15) is 37.6 Å². The molecule has 1 aromatic carbocycles. The van der Waals surface area contributed by atoms with Crippen molar-refractivity contribution >= 4 is 34.7 Å². The van der Waals surface area contributed by atoms with Crippen molar-refractivity contribution in [3.63, 3.8) is 0 Å². The Hall–Kier alpha value is -3.99. The number of amides is 2. The van der Waals surface area contributed by atoms with Crippen LogP contribution >= 0.6 is 0 Å². The van der Waals surface area contributed by atoms with Crippen molar-refractivity contribution in [2.24, 2.45) is 0 Å². The molecule has 0 aliphatic carbocycles. The SMILES string of the molecule is CC(C)(C)OC(=O)N1CC[C@H](Nc2ncc3c(N)ncc(-c4ccc(C(=O)N5CCOCC5)cc4)c3n2)C1. The number of nitrogen functional groups attached to an aromatic ring is 1. The summed E-state index contributed by atoms with van der Waals surface area (Å²) in [4.78, 5) is 42.3. The maximum Gasteiger partial charge on any atom is 0.410 e. The standard InChI is InChI=1S/C27H33N7O4/c1-27(2,3)38-26(36)34-9-8-19(16-34)31-25-30-15-21-22(32-25)20(14-29-23(21)28)17-4-6-18(7-5-17)24(35)33-10-12-37-13-11-33/h4-7,14-15,19H,8-13,16H2,1-3H3,(H2,28,29)(H,30,31,32)/t19-/m0/s1. The van der Waals surface area contributed by atoms with Crippen LogP contribution in [-0.4, -0.2) is 87.8 Å². The van der Waals surface area contributed by atoms with Gasteiger partial charge in [0.25, 0.3) is 5.91 Å². The molecule has 0 bridgehead atoms. The van der Waals surface area contributed by atoms with E-state index >= 15 is 0 Å². The van der Waals surface area contributed by atoms with Crippen LogP contribution in [0.5, 0.6) is 0 Å². The fourth-order valence-corrected chi connectivity index (χ4v) is 4.61. The Morgan fingerprint density at radius 3 is 2.50 bits per heavy atom. The first-order valence-corrected chi connectivity index (χ1v) is 12.8. The maximum atomic E-state index is 12.8. The average Bonchev–Trinajstić information content (AvgIpc) is 3.37. The van der Waals surface area contributed by atoms with E-state index in [9.17, 15) is 9.59 Å². The fraction of sp³-hybridized carbons (Fsp3) is 0.444. The van der Waals surface area contributed by atoms with Crippen LogP contribution in [-0.2, 0) is 9.47 Å². The summed E-state index contributed by atoms with van der Waals surface area (Å²) in [6.07, 6.45) is 3.78. The minimum Gasteiger partial charge on any atom is -0.444 e. The highest BCUT2D eigenvalue weighted by Gasteiger charge is 2.30. The lowest BCUT2D eigenvalue weighted by Gasteiger charge is -2.26. The number of carbonyl (C=O) groups excluding carboxylic acids is 2. The number of hydrogen-bond donors (Lipinski definition) is 2. The summed E-state index contributed by atoms with van der Waals surface area (Å²) in [5.41, 5.74) is 8.52. The van der Waals surface area contributed by atoms with Gasteiger partial charge < -0.3 is 30.3 Å². The second-order valence-corrected chi connectivity index (χ2v) is 10.6. The number of nitrogens with zero attached hydrogens (tertiary/aromatic N) is 5. The maximum absolute atomic E-state index is 12.8. The number of anilines is 2. The number of aromatic nitrogens is 3. The molecule has 2 aromatic heterocycles. The van der Waals surface area contributed by atoms with Crippen molar-refractivity contribution in [2.45, 2.75) is 38.8 Å². The predicted octanol–water partition coefficient (Wildman–Crippen LogP) is 3.17. The molecule has 4 heterocycles. The van der Waals surface area contributed by atoms with Crippen LogP contribution in [0.3, 0.4) is 0 Å². The summed E-state index contributed by atoms with van der Waals surface area (Å²) in [6.45, 7) is 8.96. The molecule has 2 saturated heterocycles. The summed E-state index contributed by atoms with van der Waals surface area (Å²) in [5, 5.41) is 3.99. The lowest BCUT2D eigenvalue weighted by Crippen LogP contribution is -2.40. The first-order chi connectivity index (χ1) is 18.2. The Labute approximate surface area is 221 Å². The van der Waals surface area contributed by atoms with Crippen molar-refractivity contribution in [3.05, 3.63) is 42.2 Å². The Morgan fingerprint density at radius 1 is 1.05 bits per heavy atom. The van der Waals surface area contributed by atoms with E-state index in [-0.39, 0.29) is 18.0 Å². The Morgan fingerprint density at radius 2 is 1.79 bits per heavy atom. The van der Waals surface area contributed by atoms with Gasteiger partial charge in [0.15, 0.2) is 0 Å². The molecule has 200 valence electrons. The Balaban J connectivity index is 1.34. The van der Waals surface area contributed by atoms with Gasteiger partial charge in [-0.05, 0) is 44.9 Å². The normalized spacial score (nSPS) is 18.0. The van der Waals surface area contributed by atoms with E-state index in [0.717, 1.165) is 17.5 Å². The molecule has 0 radical (unpaired) electrons. The molecule has 38 heavy (non-hydrogen) atoms. The number of likely N-dealkylation sites (tertiary alicyclic amines) is 1. The molecule has 2 aliphatic rings. The lowest BCUT2D eigenvalue weighted by molar-refractivity contribution is 0.0292. The zero-order chi connectivity index (χ0) is 26.9. The molecule has 3 N–H and O–H groups in total. The van der Waals surface area contributed by atoms with Crippen LogP contribution in [0.2, 0.25) is 0 Å². The van der Waals surface area contributed by atoms with E-state index in [0.29, 0.717) is 67.6 Å². The van der Waals surface area contributed by atoms with Crippen molar-refractivity contribution < 1.29 is 19.1 Å². The smallest absolute Gasteiger partial charge is 0.410 e. The number of ether oxygens (including phenoxy) is 2. The second-order valence-electron chi connectivity index (χ2n) is 10.6. The molecule has 5 rings (SSSR count). The number of morpholine rings is 1. The molecule has 0 saturated carbocycles. The van der Waals surface area contributed by atoms with Gasteiger partial charge in [-0.1, -0.05) is 12.1 Å². The Kier molecular flexibility index (Phi) is 7.02. The van der Waals surface area contributed by atoms with Crippen molar-refractivity contribution in [1.82, 2.24) is 24.8 Å². The highest BCUT2D eigenvalue weighted by atomic mass is 16.6. The average molecular weight is 520 g/mol. The minimum absolute atomic E-state index is 0.00640. The van der Waals surface area contributed by atoms with Crippen LogP contribution < -0.4 is 11.1 Å². The third-order valence-electron chi connectivity index (χ3n) is 6.57. The van der Waals surface area contributed by atoms with Crippen LogP contribution in [0, 0.1) is 0 Å². The van der Waals surface area contributed by atoms with Gasteiger partial charge in [-0.2, -0.15) is 0 Å². The largest absolute Gasteiger partial charge is 0.444 e. The molecule has 11 heteroatoms. The number of fused-ring (bicyclic) bond motifs is 1. The van der Waals surface area contributed by atoms with Gasteiger partial charge in [-0.25, -0.2) is 19.7 Å². The van der Waals surface area contributed by atoms with E-state index in [1.807, 2.05) is 45.0 Å². The van der Waals surface area contributed by atoms with Gasteiger partial charge >= 0.3 is 6.09 Å². The molecular weight excluding hydrogens is 486 g/mol. The molecule has 1 atom stereocenters. The van der Waals surface area contributed by atoms with Gasteiger partial charge in [0, 0.05) is 55.7 Å². The van der Waals surface area contributed by atoms with Crippen LogP contribution in [0.15, 0.2) is 36.7 Å². The van der Waals surface area contributed by atoms with Gasteiger partial charge in [-0.3, -0.25) is 4.79 Å². The molecule has 2 amide bonds. The minimum atomic E-state index is -0.539. The molecule has 0 unspecified atom stereocenters. The zero-order valence-electron chi connectivity index (χ0n) is 21.9. The van der Waals surface area contributed by atoms with E-state index in [4.69, 9.17) is 20.2 Å². The second kappa shape index (κ2) is 10.4. The number of hydrogen-bond acceptors (Lipinski definition) is 9. The number of carbonyl (C=O) groups is 2. The molecule has 2 fully saturated rings. The van der Waals surface area contributed by atoms with Crippen molar-refractivity contribution in [3.8, 4) is 11.1 Å². The topological polar surface area (TPSA) is 136 Å². The van der Waals surface area contributed by atoms with Crippen molar-refractivity contribution in [1.29, 1.82) is 0 Å². The van der Waals surface area contributed by atoms with Crippen LogP contribution in [0.25, 0.3) is 22.0 Å².